The number of nitrogens with zero attached hydrogens (tertiary/aromatic N) is 3. The van der Waals surface area contributed by atoms with Gasteiger partial charge in [-0.05, 0) is 70.2 Å². The van der Waals surface area contributed by atoms with Crippen LogP contribution in [0.5, 0.6) is 0 Å². The topological polar surface area (TPSA) is 74.7 Å². The van der Waals surface area contributed by atoms with Crippen molar-refractivity contribution in [2.45, 2.75) is 18.9 Å². The Hall–Kier alpha value is -3.65. The van der Waals surface area contributed by atoms with Crippen LogP contribution in [-0.4, -0.2) is 48.5 Å². The SMILES string of the molecule is CN(C)c1ccc(/C=C(\NC(=O)c2ccccc2Br)C(=O)N2C[C@@H]3C[C@H](C2)c2cccc(=O)n2C3)cc1. The van der Waals surface area contributed by atoms with Gasteiger partial charge in [0.05, 0.1) is 5.56 Å². The summed E-state index contributed by atoms with van der Waals surface area (Å²) in [5.41, 5.74) is 3.52. The van der Waals surface area contributed by atoms with Crippen LogP contribution in [0.3, 0.4) is 0 Å². The Morgan fingerprint density at radius 3 is 2.46 bits per heavy atom. The van der Waals surface area contributed by atoms with E-state index in [0.29, 0.717) is 29.7 Å². The molecule has 0 spiro atoms. The van der Waals surface area contributed by atoms with Crippen molar-refractivity contribution < 1.29 is 9.59 Å². The van der Waals surface area contributed by atoms with Crippen LogP contribution in [0.2, 0.25) is 0 Å². The second-order valence-electron chi connectivity index (χ2n) is 9.89. The van der Waals surface area contributed by atoms with Crippen LogP contribution in [-0.2, 0) is 11.3 Å². The Morgan fingerprint density at radius 1 is 0.973 bits per heavy atom. The van der Waals surface area contributed by atoms with Crippen LogP contribution < -0.4 is 15.8 Å². The lowest BCUT2D eigenvalue weighted by Crippen LogP contribution is -2.50. The minimum atomic E-state index is -0.355. The number of pyridine rings is 1. The van der Waals surface area contributed by atoms with Gasteiger partial charge in [0.2, 0.25) is 0 Å². The van der Waals surface area contributed by atoms with E-state index in [1.54, 1.807) is 36.4 Å². The predicted octanol–water partition coefficient (Wildman–Crippen LogP) is 4.09. The van der Waals surface area contributed by atoms with E-state index >= 15 is 0 Å². The maximum Gasteiger partial charge on any atom is 0.270 e. The first-order valence-electron chi connectivity index (χ1n) is 12.3. The molecule has 1 aromatic heterocycles. The van der Waals surface area contributed by atoms with Gasteiger partial charge in [0.25, 0.3) is 17.4 Å². The van der Waals surface area contributed by atoms with E-state index in [4.69, 9.17) is 0 Å². The fraction of sp³-hybridized carbons (Fsp3) is 0.276. The molecule has 2 aliphatic heterocycles. The lowest BCUT2D eigenvalue weighted by molar-refractivity contribution is -0.130. The molecule has 0 unspecified atom stereocenters. The molecule has 190 valence electrons. The first-order valence-corrected chi connectivity index (χ1v) is 13.1. The number of carbonyl (C=O) groups is 2. The number of amides is 2. The number of fused-ring (bicyclic) bond motifs is 4. The molecule has 8 heteroatoms. The van der Waals surface area contributed by atoms with Crippen LogP contribution in [0.15, 0.2) is 81.7 Å². The van der Waals surface area contributed by atoms with Crippen LogP contribution in [0.4, 0.5) is 5.69 Å². The number of carbonyl (C=O) groups excluding carboxylic acids is 2. The molecule has 2 amide bonds. The smallest absolute Gasteiger partial charge is 0.270 e. The first-order chi connectivity index (χ1) is 17.8. The van der Waals surface area contributed by atoms with Gasteiger partial charge in [-0.15, -0.1) is 0 Å². The first kappa shape index (κ1) is 25.0. The number of nitrogens with one attached hydrogen (secondary N) is 1. The summed E-state index contributed by atoms with van der Waals surface area (Å²) in [7, 11) is 3.94. The number of benzene rings is 2. The number of aromatic nitrogens is 1. The molecule has 2 bridgehead atoms. The normalized spacial score (nSPS) is 18.7. The monoisotopic (exact) mass is 560 g/mol. The van der Waals surface area contributed by atoms with Gasteiger partial charge < -0.3 is 19.7 Å². The third kappa shape index (κ3) is 5.25. The average molecular weight is 561 g/mol. The standard InChI is InChI=1S/C29H29BrN4O3/c1-32(2)22-12-10-19(11-13-22)15-25(31-28(36)23-6-3-4-7-24(23)30)29(37)33-16-20-14-21(18-33)26-8-5-9-27(35)34(26)17-20/h3-13,15,20-21H,14,16-18H2,1-2H3,(H,31,36)/b25-15-/t20-,21+/m0/s1. The van der Waals surface area contributed by atoms with E-state index in [2.05, 4.69) is 21.2 Å². The second kappa shape index (κ2) is 10.4. The van der Waals surface area contributed by atoms with Crippen molar-refractivity contribution in [2.24, 2.45) is 5.92 Å². The number of hydrogen-bond donors (Lipinski definition) is 1. The summed E-state index contributed by atoms with van der Waals surface area (Å²) in [4.78, 5) is 43.3. The van der Waals surface area contributed by atoms with Crippen molar-refractivity contribution in [3.63, 3.8) is 0 Å². The minimum Gasteiger partial charge on any atom is -0.378 e. The fourth-order valence-electron chi connectivity index (χ4n) is 5.25. The summed E-state index contributed by atoms with van der Waals surface area (Å²) < 4.78 is 2.50. The van der Waals surface area contributed by atoms with Crippen LogP contribution in [0.25, 0.3) is 6.08 Å². The number of anilines is 1. The van der Waals surface area contributed by atoms with Crippen LogP contribution in [0.1, 0.15) is 34.0 Å². The molecular weight excluding hydrogens is 532 g/mol. The molecule has 2 aliphatic rings. The van der Waals surface area contributed by atoms with Gasteiger partial charge in [0.15, 0.2) is 0 Å². The van der Waals surface area contributed by atoms with E-state index in [0.717, 1.165) is 23.4 Å². The van der Waals surface area contributed by atoms with Gasteiger partial charge >= 0.3 is 0 Å². The Labute approximate surface area is 224 Å². The average Bonchev–Trinajstić information content (AvgIpc) is 2.89. The van der Waals surface area contributed by atoms with Crippen molar-refractivity contribution in [3.8, 4) is 0 Å². The zero-order valence-electron chi connectivity index (χ0n) is 20.9. The Balaban J connectivity index is 1.45. The van der Waals surface area contributed by atoms with Gasteiger partial charge in [-0.25, -0.2) is 0 Å². The van der Waals surface area contributed by atoms with Gasteiger partial charge in [-0.2, -0.15) is 0 Å². The summed E-state index contributed by atoms with van der Waals surface area (Å²) in [6, 6.07) is 20.3. The molecule has 2 aromatic carbocycles. The van der Waals surface area contributed by atoms with E-state index < -0.39 is 0 Å². The molecule has 3 heterocycles. The number of likely N-dealkylation sites (tertiary alicyclic amines) is 1. The lowest BCUT2D eigenvalue weighted by atomic mass is 9.83. The fourth-order valence-corrected chi connectivity index (χ4v) is 5.72. The van der Waals surface area contributed by atoms with Crippen molar-refractivity contribution >= 4 is 39.5 Å². The van der Waals surface area contributed by atoms with E-state index in [9.17, 15) is 14.4 Å². The number of hydrogen-bond acceptors (Lipinski definition) is 4. The zero-order chi connectivity index (χ0) is 26.1. The highest BCUT2D eigenvalue weighted by atomic mass is 79.9. The van der Waals surface area contributed by atoms with Crippen molar-refractivity contribution in [1.29, 1.82) is 0 Å². The molecule has 1 saturated heterocycles. The molecule has 0 saturated carbocycles. The molecule has 37 heavy (non-hydrogen) atoms. The maximum atomic E-state index is 13.9. The van der Waals surface area contributed by atoms with Crippen LogP contribution >= 0.6 is 15.9 Å². The van der Waals surface area contributed by atoms with Gasteiger partial charge in [0.1, 0.15) is 5.70 Å². The van der Waals surface area contributed by atoms with Crippen molar-refractivity contribution in [3.05, 3.63) is 104 Å². The molecular formula is C29H29BrN4O3. The van der Waals surface area contributed by atoms with E-state index in [1.807, 2.05) is 64.9 Å². The number of rotatable bonds is 5. The highest BCUT2D eigenvalue weighted by Crippen LogP contribution is 2.35. The Bertz CT molecular complexity index is 1430. The zero-order valence-corrected chi connectivity index (χ0v) is 22.4. The molecule has 3 aromatic rings. The largest absolute Gasteiger partial charge is 0.378 e. The molecule has 2 atom stereocenters. The minimum absolute atomic E-state index is 0.00874. The lowest BCUT2D eigenvalue weighted by Gasteiger charge is -2.43. The summed E-state index contributed by atoms with van der Waals surface area (Å²) in [5.74, 6) is -0.301. The van der Waals surface area contributed by atoms with Gasteiger partial charge in [-0.3, -0.25) is 14.4 Å². The molecule has 0 radical (unpaired) electrons. The van der Waals surface area contributed by atoms with Gasteiger partial charge in [0, 0.05) is 61.6 Å². The van der Waals surface area contributed by atoms with Gasteiger partial charge in [-0.1, -0.05) is 30.3 Å². The second-order valence-corrected chi connectivity index (χ2v) is 10.7. The Morgan fingerprint density at radius 2 is 1.73 bits per heavy atom. The summed E-state index contributed by atoms with van der Waals surface area (Å²) in [6.45, 7) is 1.64. The predicted molar refractivity (Wildman–Crippen MR) is 148 cm³/mol. The highest BCUT2D eigenvalue weighted by molar-refractivity contribution is 9.10. The van der Waals surface area contributed by atoms with Crippen LogP contribution in [0, 0.1) is 5.92 Å². The van der Waals surface area contributed by atoms with Crippen molar-refractivity contribution in [1.82, 2.24) is 14.8 Å². The number of halogens is 1. The maximum absolute atomic E-state index is 13.9. The third-order valence-electron chi connectivity index (χ3n) is 7.08. The highest BCUT2D eigenvalue weighted by Gasteiger charge is 2.37. The summed E-state index contributed by atoms with van der Waals surface area (Å²) in [6.07, 6.45) is 2.68. The molecule has 5 rings (SSSR count). The summed E-state index contributed by atoms with van der Waals surface area (Å²) in [5, 5.41) is 2.89. The molecule has 0 aliphatic carbocycles. The quantitative estimate of drug-likeness (QED) is 0.477. The van der Waals surface area contributed by atoms with E-state index in [-0.39, 0.29) is 34.9 Å². The van der Waals surface area contributed by atoms with Crippen molar-refractivity contribution in [2.75, 3.05) is 32.1 Å². The molecule has 1 N–H and O–H groups in total. The van der Waals surface area contributed by atoms with E-state index in [1.165, 1.54) is 0 Å². The summed E-state index contributed by atoms with van der Waals surface area (Å²) >= 11 is 3.43. The third-order valence-corrected chi connectivity index (χ3v) is 7.78. The molecule has 7 nitrogen and oxygen atoms in total. The number of piperidine rings is 1. The Kier molecular flexibility index (Phi) is 7.02. The molecule has 1 fully saturated rings.